The maximum Gasteiger partial charge on any atom is 0.328 e. The normalized spacial score (nSPS) is 11.6. The molecule has 1 aromatic rings. The Kier molecular flexibility index (Phi) is 5.73. The van der Waals surface area contributed by atoms with Gasteiger partial charge in [-0.05, 0) is 19.1 Å². The number of halogens is 1. The van der Waals surface area contributed by atoms with Gasteiger partial charge in [0.15, 0.2) is 17.6 Å². The zero-order valence-corrected chi connectivity index (χ0v) is 10.7. The predicted molar refractivity (Wildman–Crippen MR) is 68.2 cm³/mol. The number of carbonyl (C=O) groups excluding carboxylic acids is 1. The van der Waals surface area contributed by atoms with Crippen LogP contribution in [0.25, 0.3) is 0 Å². The van der Waals surface area contributed by atoms with Gasteiger partial charge < -0.3 is 25.6 Å². The Bertz CT molecular complexity index is 495. The van der Waals surface area contributed by atoms with Crippen molar-refractivity contribution in [3.63, 3.8) is 0 Å². The topological polar surface area (TPSA) is 108 Å². The first-order valence-electron chi connectivity index (χ1n) is 5.81. The summed E-state index contributed by atoms with van der Waals surface area (Å²) in [7, 11) is 0. The number of carbonyl (C=O) groups is 2. The molecule has 0 fully saturated rings. The van der Waals surface area contributed by atoms with E-state index >= 15 is 0 Å². The summed E-state index contributed by atoms with van der Waals surface area (Å²) < 4.78 is 18.5. The number of aliphatic hydroxyl groups is 1. The van der Waals surface area contributed by atoms with Crippen LogP contribution in [0.5, 0.6) is 5.75 Å². The lowest BCUT2D eigenvalue weighted by Crippen LogP contribution is -2.45. The minimum absolute atomic E-state index is 0.0530. The second kappa shape index (κ2) is 7.29. The minimum Gasteiger partial charge on any atom is -0.491 e. The molecule has 110 valence electrons. The molecule has 0 aromatic heterocycles. The van der Waals surface area contributed by atoms with E-state index in [1.807, 2.05) is 5.32 Å². The molecule has 1 unspecified atom stereocenters. The van der Waals surface area contributed by atoms with Crippen molar-refractivity contribution >= 4 is 17.7 Å². The summed E-state index contributed by atoms with van der Waals surface area (Å²) in [5.41, 5.74) is 0.130. The highest BCUT2D eigenvalue weighted by Gasteiger charge is 2.18. The lowest BCUT2D eigenvalue weighted by atomic mass is 10.3. The number of carboxylic acid groups (broad SMARTS) is 1. The van der Waals surface area contributed by atoms with Crippen LogP contribution in [-0.4, -0.2) is 41.5 Å². The third-order valence-electron chi connectivity index (χ3n) is 2.28. The minimum atomic E-state index is -1.43. The fourth-order valence-corrected chi connectivity index (χ4v) is 1.36. The zero-order chi connectivity index (χ0) is 15.1. The van der Waals surface area contributed by atoms with Crippen LogP contribution in [0.3, 0.4) is 0 Å². The lowest BCUT2D eigenvalue weighted by molar-refractivity contribution is -0.140. The third kappa shape index (κ3) is 4.39. The number of aliphatic hydroxyl groups excluding tert-OH is 1. The average molecular weight is 286 g/mol. The van der Waals surface area contributed by atoms with E-state index in [-0.39, 0.29) is 11.4 Å². The number of carboxylic acids is 1. The first-order valence-corrected chi connectivity index (χ1v) is 5.81. The van der Waals surface area contributed by atoms with Crippen molar-refractivity contribution in [2.75, 3.05) is 18.5 Å². The maximum atomic E-state index is 13.5. The second-order valence-corrected chi connectivity index (χ2v) is 3.75. The quantitative estimate of drug-likeness (QED) is 0.618. The van der Waals surface area contributed by atoms with Crippen molar-refractivity contribution in [3.8, 4) is 5.75 Å². The van der Waals surface area contributed by atoms with Gasteiger partial charge in [0.1, 0.15) is 0 Å². The number of nitrogens with one attached hydrogen (secondary N) is 2. The Labute approximate surface area is 114 Å². The number of benzene rings is 1. The number of urea groups is 1. The van der Waals surface area contributed by atoms with Crippen molar-refractivity contribution in [3.05, 3.63) is 24.0 Å². The second-order valence-electron chi connectivity index (χ2n) is 3.75. The molecule has 0 aliphatic carbocycles. The van der Waals surface area contributed by atoms with Gasteiger partial charge in [0, 0.05) is 11.8 Å². The molecule has 0 heterocycles. The molecule has 7 nitrogen and oxygen atoms in total. The Hall–Kier alpha value is -2.35. The molecule has 8 heteroatoms. The highest BCUT2D eigenvalue weighted by molar-refractivity contribution is 5.92. The number of ether oxygens (including phenoxy) is 1. The van der Waals surface area contributed by atoms with E-state index in [9.17, 15) is 14.0 Å². The monoisotopic (exact) mass is 286 g/mol. The molecular weight excluding hydrogens is 271 g/mol. The fraction of sp³-hybridized carbons (Fsp3) is 0.333. The van der Waals surface area contributed by atoms with Crippen molar-refractivity contribution in [2.45, 2.75) is 13.0 Å². The van der Waals surface area contributed by atoms with E-state index in [1.165, 1.54) is 12.1 Å². The molecule has 1 rings (SSSR count). The molecule has 0 aliphatic rings. The van der Waals surface area contributed by atoms with E-state index < -0.39 is 30.5 Å². The molecule has 0 bridgehead atoms. The summed E-state index contributed by atoms with van der Waals surface area (Å²) in [6.07, 6.45) is 0. The van der Waals surface area contributed by atoms with Crippen LogP contribution >= 0.6 is 0 Å². The van der Waals surface area contributed by atoms with Crippen LogP contribution in [0.2, 0.25) is 0 Å². The fourth-order valence-electron chi connectivity index (χ4n) is 1.36. The van der Waals surface area contributed by atoms with E-state index in [2.05, 4.69) is 5.32 Å². The summed E-state index contributed by atoms with van der Waals surface area (Å²) in [6.45, 7) is 1.27. The maximum absolute atomic E-state index is 13.5. The summed E-state index contributed by atoms with van der Waals surface area (Å²) in [5, 5.41) is 21.7. The van der Waals surface area contributed by atoms with Gasteiger partial charge in [0.05, 0.1) is 13.2 Å². The molecule has 20 heavy (non-hydrogen) atoms. The van der Waals surface area contributed by atoms with E-state index in [4.69, 9.17) is 14.9 Å². The van der Waals surface area contributed by atoms with Crippen molar-refractivity contribution < 1.29 is 28.9 Å². The predicted octanol–water partition coefficient (Wildman–Crippen LogP) is 0.791. The van der Waals surface area contributed by atoms with Gasteiger partial charge >= 0.3 is 12.0 Å². The van der Waals surface area contributed by atoms with Gasteiger partial charge in [0.2, 0.25) is 0 Å². The number of rotatable bonds is 6. The SMILES string of the molecule is CCOc1ccc(NC(=O)NC(CO)C(=O)O)cc1F. The molecule has 0 aliphatic heterocycles. The number of hydrogen-bond donors (Lipinski definition) is 4. The summed E-state index contributed by atoms with van der Waals surface area (Å²) >= 11 is 0. The molecule has 0 saturated heterocycles. The van der Waals surface area contributed by atoms with Gasteiger partial charge in [-0.15, -0.1) is 0 Å². The molecule has 1 atom stereocenters. The molecule has 2 amide bonds. The van der Waals surface area contributed by atoms with Crippen LogP contribution in [0.4, 0.5) is 14.9 Å². The van der Waals surface area contributed by atoms with Gasteiger partial charge in [-0.25, -0.2) is 14.0 Å². The smallest absolute Gasteiger partial charge is 0.328 e. The van der Waals surface area contributed by atoms with Crippen LogP contribution in [0, 0.1) is 5.82 Å². The highest BCUT2D eigenvalue weighted by Crippen LogP contribution is 2.20. The summed E-state index contributed by atoms with van der Waals surface area (Å²) in [4.78, 5) is 22.1. The molecule has 1 aromatic carbocycles. The van der Waals surface area contributed by atoms with E-state index in [0.29, 0.717) is 6.61 Å². The molecule has 4 N–H and O–H groups in total. The van der Waals surface area contributed by atoms with E-state index in [1.54, 1.807) is 6.92 Å². The van der Waals surface area contributed by atoms with Gasteiger partial charge in [-0.1, -0.05) is 0 Å². The van der Waals surface area contributed by atoms with Crippen molar-refractivity contribution in [2.24, 2.45) is 0 Å². The molecule has 0 saturated carbocycles. The van der Waals surface area contributed by atoms with Crippen LogP contribution in [-0.2, 0) is 4.79 Å². The Morgan fingerprint density at radius 3 is 2.65 bits per heavy atom. The summed E-state index contributed by atoms with van der Waals surface area (Å²) in [6, 6.07) is 1.49. The number of anilines is 1. The first-order chi connectivity index (χ1) is 9.47. The molecular formula is C12H15FN2O5. The van der Waals surface area contributed by atoms with Crippen LogP contribution in [0.1, 0.15) is 6.92 Å². The van der Waals surface area contributed by atoms with Crippen molar-refractivity contribution in [1.29, 1.82) is 0 Å². The van der Waals surface area contributed by atoms with E-state index in [0.717, 1.165) is 6.07 Å². The lowest BCUT2D eigenvalue weighted by Gasteiger charge is -2.13. The Balaban J connectivity index is 2.66. The number of hydrogen-bond acceptors (Lipinski definition) is 4. The Morgan fingerprint density at radius 1 is 1.45 bits per heavy atom. The van der Waals surface area contributed by atoms with Gasteiger partial charge in [0.25, 0.3) is 0 Å². The number of aliphatic carboxylic acids is 1. The standard InChI is InChI=1S/C12H15FN2O5/c1-2-20-10-4-3-7(5-8(10)13)14-12(19)15-9(6-16)11(17)18/h3-5,9,16H,2,6H2,1H3,(H,17,18)(H2,14,15,19). The first kappa shape index (κ1) is 15.7. The molecule has 0 radical (unpaired) electrons. The number of amides is 2. The van der Waals surface area contributed by atoms with Gasteiger partial charge in [-0.3, -0.25) is 0 Å². The van der Waals surface area contributed by atoms with Gasteiger partial charge in [-0.2, -0.15) is 0 Å². The third-order valence-corrected chi connectivity index (χ3v) is 2.28. The van der Waals surface area contributed by atoms with Crippen molar-refractivity contribution in [1.82, 2.24) is 5.32 Å². The summed E-state index contributed by atoms with van der Waals surface area (Å²) in [5.74, 6) is -1.97. The highest BCUT2D eigenvalue weighted by atomic mass is 19.1. The van der Waals surface area contributed by atoms with Crippen LogP contribution < -0.4 is 15.4 Å². The average Bonchev–Trinajstić information content (AvgIpc) is 2.39. The Morgan fingerprint density at radius 2 is 2.15 bits per heavy atom. The largest absolute Gasteiger partial charge is 0.491 e. The zero-order valence-electron chi connectivity index (χ0n) is 10.7. The van der Waals surface area contributed by atoms with Crippen LogP contribution in [0.15, 0.2) is 18.2 Å². The molecule has 0 spiro atoms.